The Hall–Kier alpha value is -5.25. The van der Waals surface area contributed by atoms with Gasteiger partial charge in [0, 0.05) is 21.5 Å². The molecule has 2 heterocycles. The average Bonchev–Trinajstić information content (AvgIpc) is 3.52. The van der Waals surface area contributed by atoms with Crippen LogP contribution in [0.1, 0.15) is 35.4 Å². The van der Waals surface area contributed by atoms with Crippen molar-refractivity contribution >= 4 is 58.2 Å². The Morgan fingerprint density at radius 2 is 1.54 bits per heavy atom. The third-order valence-corrected chi connectivity index (χ3v) is 11.7. The number of amides is 4. The molecule has 4 amide bonds. The van der Waals surface area contributed by atoms with Crippen LogP contribution in [-0.4, -0.2) is 33.7 Å². The van der Waals surface area contributed by atoms with E-state index in [1.54, 1.807) is 72.8 Å². The number of halogens is 3. The van der Waals surface area contributed by atoms with Gasteiger partial charge in [-0.2, -0.15) is 5.01 Å². The highest BCUT2D eigenvalue weighted by molar-refractivity contribution is 6.31. The Labute approximate surface area is 309 Å². The number of hydrogen-bond acceptors (Lipinski definition) is 6. The zero-order valence-electron chi connectivity index (χ0n) is 27.6. The number of nitrogens with one attached hydrogen (secondary N) is 1. The SMILES string of the molecule is C=CCc1cccc([C@H]2C3=CC[C@@H]4C(=O)N(c5ccc(Cl)cc5)C(=O)[C@@H]4[C@@H]3C[C@H]3C(=O)N(Nc4ccc(F)cc4)C(=O)[C@@]23c2ccc(Cl)cc2)c1O. The lowest BCUT2D eigenvalue weighted by atomic mass is 9.49. The van der Waals surface area contributed by atoms with Crippen molar-refractivity contribution in [2.24, 2.45) is 23.7 Å². The largest absolute Gasteiger partial charge is 0.507 e. The molecule has 2 aliphatic heterocycles. The molecule has 2 N–H and O–H groups in total. The molecule has 52 heavy (non-hydrogen) atoms. The lowest BCUT2D eigenvalue weighted by Gasteiger charge is -2.50. The lowest BCUT2D eigenvalue weighted by Crippen LogP contribution is -2.53. The van der Waals surface area contributed by atoms with E-state index in [1.807, 2.05) is 6.08 Å². The maximum Gasteiger partial charge on any atom is 0.260 e. The number of nitrogens with zero attached hydrogens (tertiary/aromatic N) is 2. The number of benzene rings is 4. The molecule has 0 spiro atoms. The molecule has 4 aliphatic rings. The molecule has 4 aromatic rings. The molecule has 262 valence electrons. The molecule has 1 saturated carbocycles. The number of imide groups is 2. The summed E-state index contributed by atoms with van der Waals surface area (Å²) in [4.78, 5) is 59.7. The van der Waals surface area contributed by atoms with Crippen LogP contribution >= 0.6 is 23.2 Å². The van der Waals surface area contributed by atoms with E-state index >= 15 is 4.79 Å². The van der Waals surface area contributed by atoms with Crippen LogP contribution in [0.15, 0.2) is 115 Å². The highest BCUT2D eigenvalue weighted by Gasteiger charge is 2.70. The predicted octanol–water partition coefficient (Wildman–Crippen LogP) is 7.76. The van der Waals surface area contributed by atoms with Gasteiger partial charge < -0.3 is 5.11 Å². The summed E-state index contributed by atoms with van der Waals surface area (Å²) in [6.45, 7) is 3.84. The van der Waals surface area contributed by atoms with Gasteiger partial charge in [-0.15, -0.1) is 6.58 Å². The summed E-state index contributed by atoms with van der Waals surface area (Å²) in [5.41, 5.74) is 4.20. The minimum Gasteiger partial charge on any atom is -0.507 e. The van der Waals surface area contributed by atoms with Gasteiger partial charge in [0.05, 0.1) is 34.5 Å². The van der Waals surface area contributed by atoms with Gasteiger partial charge in [-0.1, -0.05) is 71.3 Å². The molecule has 0 radical (unpaired) electrons. The van der Waals surface area contributed by atoms with E-state index in [0.29, 0.717) is 50.1 Å². The molecule has 2 saturated heterocycles. The number of hydrogen-bond donors (Lipinski definition) is 2. The van der Waals surface area contributed by atoms with Crippen LogP contribution in [0.25, 0.3) is 0 Å². The zero-order valence-corrected chi connectivity index (χ0v) is 29.2. The van der Waals surface area contributed by atoms with Crippen molar-refractivity contribution in [3.8, 4) is 5.75 Å². The number of carbonyl (C=O) groups excluding carboxylic acids is 4. The summed E-state index contributed by atoms with van der Waals surface area (Å²) in [6.07, 6.45) is 4.21. The zero-order chi connectivity index (χ0) is 36.5. The fraction of sp³-hybridized carbons (Fsp3) is 0.220. The van der Waals surface area contributed by atoms with Crippen LogP contribution in [-0.2, 0) is 31.0 Å². The van der Waals surface area contributed by atoms with Crippen molar-refractivity contribution in [2.75, 3.05) is 10.3 Å². The van der Waals surface area contributed by atoms with E-state index < -0.39 is 58.5 Å². The normalized spacial score (nSPS) is 26.5. The van der Waals surface area contributed by atoms with Crippen molar-refractivity contribution in [1.29, 1.82) is 0 Å². The van der Waals surface area contributed by atoms with Gasteiger partial charge in [0.2, 0.25) is 11.8 Å². The summed E-state index contributed by atoms with van der Waals surface area (Å²) in [5.74, 6) is -6.54. The Morgan fingerprint density at radius 1 is 0.865 bits per heavy atom. The van der Waals surface area contributed by atoms with E-state index in [9.17, 15) is 23.9 Å². The number of hydrazine groups is 1. The van der Waals surface area contributed by atoms with Crippen LogP contribution in [0.4, 0.5) is 15.8 Å². The highest BCUT2D eigenvalue weighted by Crippen LogP contribution is 2.65. The molecule has 8 nitrogen and oxygen atoms in total. The second-order valence-corrected chi connectivity index (χ2v) is 14.6. The Balaban J connectivity index is 1.34. The van der Waals surface area contributed by atoms with Crippen molar-refractivity contribution < 1.29 is 28.7 Å². The van der Waals surface area contributed by atoms with Crippen LogP contribution in [0.2, 0.25) is 10.0 Å². The first kappa shape index (κ1) is 33.9. The summed E-state index contributed by atoms with van der Waals surface area (Å²) >= 11 is 12.5. The van der Waals surface area contributed by atoms with Gasteiger partial charge in [0.15, 0.2) is 0 Å². The summed E-state index contributed by atoms with van der Waals surface area (Å²) in [7, 11) is 0. The molecule has 0 bridgehead atoms. The number of carbonyl (C=O) groups is 4. The van der Waals surface area contributed by atoms with E-state index in [2.05, 4.69) is 12.0 Å². The molecule has 3 fully saturated rings. The average molecular weight is 737 g/mol. The number of aromatic hydroxyl groups is 1. The standard InChI is InChI=1S/C41H32Cl2FN3O5/c1-2-4-22-5-3-6-31(36(22)48)35-29-19-20-30-34(39(51)46(37(30)49)28-17-11-25(43)12-18-28)32(29)21-33-38(50)47(45-27-15-13-26(44)14-16-27)40(52)41(33,35)23-7-9-24(42)10-8-23/h2-3,5-19,30,32-35,45,48H,1,4,20-21H2/t30-,32+,33-,34-,35+,41+/m0/s1. The quantitative estimate of drug-likeness (QED) is 0.149. The van der Waals surface area contributed by atoms with Gasteiger partial charge in [-0.05, 0) is 97.0 Å². The number of para-hydroxylation sites is 1. The molecular formula is C41H32Cl2FN3O5. The second kappa shape index (κ2) is 12.8. The molecule has 0 aromatic heterocycles. The van der Waals surface area contributed by atoms with Crippen molar-refractivity contribution in [2.45, 2.75) is 30.6 Å². The molecule has 6 atom stereocenters. The number of phenolic OH excluding ortho intramolecular Hbond substituents is 1. The van der Waals surface area contributed by atoms with Crippen LogP contribution in [0, 0.1) is 29.5 Å². The minimum atomic E-state index is -1.62. The third-order valence-electron chi connectivity index (χ3n) is 11.2. The first-order chi connectivity index (χ1) is 25.1. The van der Waals surface area contributed by atoms with E-state index in [4.69, 9.17) is 23.2 Å². The molecule has 0 unspecified atom stereocenters. The number of rotatable bonds is 7. The summed E-state index contributed by atoms with van der Waals surface area (Å²) in [5, 5.41) is 13.8. The monoisotopic (exact) mass is 735 g/mol. The number of anilines is 2. The second-order valence-electron chi connectivity index (χ2n) is 13.7. The molecule has 4 aromatic carbocycles. The van der Waals surface area contributed by atoms with Gasteiger partial charge in [-0.25, -0.2) is 4.39 Å². The maximum absolute atomic E-state index is 15.3. The van der Waals surface area contributed by atoms with Gasteiger partial charge >= 0.3 is 0 Å². The number of allylic oxidation sites excluding steroid dienone is 3. The first-order valence-corrected chi connectivity index (χ1v) is 17.7. The van der Waals surface area contributed by atoms with Gasteiger partial charge in [0.25, 0.3) is 11.8 Å². The number of phenols is 1. The first-order valence-electron chi connectivity index (χ1n) is 17.0. The fourth-order valence-electron chi connectivity index (χ4n) is 9.01. The Morgan fingerprint density at radius 3 is 2.21 bits per heavy atom. The topological polar surface area (TPSA) is 107 Å². The summed E-state index contributed by atoms with van der Waals surface area (Å²) < 4.78 is 13.9. The Bertz CT molecular complexity index is 2190. The number of fused-ring (bicyclic) bond motifs is 4. The Kier molecular flexibility index (Phi) is 8.31. The van der Waals surface area contributed by atoms with Crippen molar-refractivity contribution in [3.63, 3.8) is 0 Å². The van der Waals surface area contributed by atoms with E-state index in [1.165, 1.54) is 29.2 Å². The van der Waals surface area contributed by atoms with Crippen LogP contribution in [0.3, 0.4) is 0 Å². The van der Waals surface area contributed by atoms with Crippen molar-refractivity contribution in [3.05, 3.63) is 148 Å². The van der Waals surface area contributed by atoms with Crippen LogP contribution in [0.5, 0.6) is 5.75 Å². The van der Waals surface area contributed by atoms with Gasteiger partial charge in [0.1, 0.15) is 11.6 Å². The van der Waals surface area contributed by atoms with Gasteiger partial charge in [-0.3, -0.25) is 29.5 Å². The van der Waals surface area contributed by atoms with E-state index in [0.717, 1.165) is 5.01 Å². The van der Waals surface area contributed by atoms with E-state index in [-0.39, 0.29) is 24.5 Å². The molecular weight excluding hydrogens is 704 g/mol. The lowest BCUT2D eigenvalue weighted by molar-refractivity contribution is -0.138. The van der Waals surface area contributed by atoms with Crippen LogP contribution < -0.4 is 10.3 Å². The predicted molar refractivity (Wildman–Crippen MR) is 195 cm³/mol. The third kappa shape index (κ3) is 5.01. The maximum atomic E-state index is 15.3. The molecule has 11 heteroatoms. The summed E-state index contributed by atoms with van der Waals surface area (Å²) in [6, 6.07) is 23.8. The minimum absolute atomic E-state index is 0.0510. The van der Waals surface area contributed by atoms with Crippen molar-refractivity contribution in [1.82, 2.24) is 5.01 Å². The highest BCUT2D eigenvalue weighted by atomic mass is 35.5. The smallest absolute Gasteiger partial charge is 0.260 e. The molecule has 8 rings (SSSR count). The molecule has 2 aliphatic carbocycles. The fourth-order valence-corrected chi connectivity index (χ4v) is 9.26.